The first-order valence-corrected chi connectivity index (χ1v) is 10.4. The van der Waals surface area contributed by atoms with Crippen LogP contribution in [0.5, 0.6) is 0 Å². The van der Waals surface area contributed by atoms with E-state index in [4.69, 9.17) is 4.98 Å². The number of nitrogens with zero attached hydrogens (tertiary/aromatic N) is 4. The van der Waals surface area contributed by atoms with Gasteiger partial charge in [-0.2, -0.15) is 0 Å². The Labute approximate surface area is 180 Å². The molecule has 4 aromatic carbocycles. The van der Waals surface area contributed by atoms with Gasteiger partial charge in [0.25, 0.3) is 0 Å². The average molecular weight is 486 g/mol. The predicted octanol–water partition coefficient (Wildman–Crippen LogP) is 6.40. The molecule has 5 heteroatoms. The van der Waals surface area contributed by atoms with Crippen molar-refractivity contribution in [3.8, 4) is 0 Å². The Kier molecular flexibility index (Phi) is 3.61. The maximum Gasteiger partial charge on any atom is 0.172 e. The third kappa shape index (κ3) is 2.47. The zero-order valence-electron chi connectivity index (χ0n) is 15.6. The zero-order valence-corrected chi connectivity index (χ0v) is 17.8. The molecule has 6 rings (SSSR count). The number of benzene rings is 4. The third-order valence-corrected chi connectivity index (χ3v) is 6.52. The molecule has 29 heavy (non-hydrogen) atoms. The van der Waals surface area contributed by atoms with Crippen molar-refractivity contribution in [1.82, 2.24) is 17.7 Å². The average Bonchev–Trinajstić information content (AvgIpc) is 3.08. The first-order valence-electron chi connectivity index (χ1n) is 9.41. The lowest BCUT2D eigenvalue weighted by atomic mass is 9.92. The van der Waals surface area contributed by atoms with Gasteiger partial charge in [-0.15, -0.1) is 0 Å². The molecule has 4 nitrogen and oxygen atoms in total. The summed E-state index contributed by atoms with van der Waals surface area (Å²) >= 11 is 2.25. The van der Waals surface area contributed by atoms with E-state index in [1.807, 2.05) is 9.70 Å². The molecule has 0 fully saturated rings. The van der Waals surface area contributed by atoms with E-state index in [9.17, 15) is 0 Å². The normalized spacial score (nSPS) is 12.3. The first kappa shape index (κ1) is 16.9. The van der Waals surface area contributed by atoms with Gasteiger partial charge in [-0.05, 0) is 50.9 Å². The molecule has 0 atom stereocenters. The minimum absolute atomic E-state index is 0.841. The number of halogens is 1. The summed E-state index contributed by atoms with van der Waals surface area (Å²) in [4.78, 5) is 13.4. The first-order chi connectivity index (χ1) is 14.2. The van der Waals surface area contributed by atoms with Gasteiger partial charge in [0.15, 0.2) is 5.65 Å². The summed E-state index contributed by atoms with van der Waals surface area (Å²) in [7, 11) is 0. The van der Waals surface area contributed by atoms with Crippen molar-refractivity contribution in [2.24, 2.45) is 0 Å². The maximum atomic E-state index is 4.73. The van der Waals surface area contributed by atoms with Gasteiger partial charge < -0.3 is 0 Å². The Balaban J connectivity index is 1.57. The highest BCUT2D eigenvalue weighted by Crippen LogP contribution is 2.36. The highest BCUT2D eigenvalue weighted by molar-refractivity contribution is 14.1. The fourth-order valence-corrected chi connectivity index (χ4v) is 4.79. The van der Waals surface area contributed by atoms with E-state index >= 15 is 0 Å². The number of fused-ring (bicyclic) bond motifs is 1. The lowest BCUT2D eigenvalue weighted by molar-refractivity contribution is 1.13. The molecule has 2 aromatic heterocycles. The largest absolute Gasteiger partial charge is 0.248 e. The molecule has 138 valence electrons. The lowest BCUT2D eigenvalue weighted by Crippen LogP contribution is -1.88. The molecule has 0 unspecified atom stereocenters. The van der Waals surface area contributed by atoms with Gasteiger partial charge in [0, 0.05) is 0 Å². The fourth-order valence-electron chi connectivity index (χ4n) is 4.17. The van der Waals surface area contributed by atoms with Crippen molar-refractivity contribution in [1.29, 1.82) is 0 Å². The van der Waals surface area contributed by atoms with Gasteiger partial charge in [0.05, 0.1) is 28.6 Å². The molecule has 0 saturated heterocycles. The summed E-state index contributed by atoms with van der Waals surface area (Å²) in [5.74, 6) is 0.856. The number of aromatic nitrogens is 4. The Bertz CT molecular complexity index is 1560. The summed E-state index contributed by atoms with van der Waals surface area (Å²) < 4.78 is 1.98. The molecule has 0 aliphatic carbocycles. The molecule has 0 amide bonds. The molecular formula is C24H15IN4. The van der Waals surface area contributed by atoms with Gasteiger partial charge in [-0.1, -0.05) is 60.7 Å². The van der Waals surface area contributed by atoms with Crippen LogP contribution in [0.3, 0.4) is 0 Å². The summed E-state index contributed by atoms with van der Waals surface area (Å²) in [6.07, 6.45) is 5.79. The van der Waals surface area contributed by atoms with E-state index in [-0.39, 0.29) is 0 Å². The van der Waals surface area contributed by atoms with Gasteiger partial charge in [-0.25, -0.2) is 17.7 Å². The van der Waals surface area contributed by atoms with Crippen LogP contribution in [0.15, 0.2) is 60.9 Å². The van der Waals surface area contributed by atoms with Gasteiger partial charge in [-0.3, -0.25) is 0 Å². The van der Waals surface area contributed by atoms with Gasteiger partial charge in [0.1, 0.15) is 17.7 Å². The molecular weight excluding hydrogens is 471 g/mol. The Morgan fingerprint density at radius 1 is 0.828 bits per heavy atom. The second-order valence-electron chi connectivity index (χ2n) is 7.23. The standard InChI is InChI=1S/C24H15IN4/c1-14-23-24(27-13-26-14)29(25)20(28-23)12-10-15-5-6-18-8-7-16-3-2-4-17-9-11-19(15)22(18)21(16)17/h2-13H,1H3/b12-10+. The minimum atomic E-state index is 0.841. The van der Waals surface area contributed by atoms with Crippen LogP contribution in [0.25, 0.3) is 55.6 Å². The van der Waals surface area contributed by atoms with E-state index in [2.05, 4.69) is 99.6 Å². The van der Waals surface area contributed by atoms with Gasteiger partial charge >= 0.3 is 0 Å². The smallest absolute Gasteiger partial charge is 0.172 e. The van der Waals surface area contributed by atoms with Crippen LogP contribution >= 0.6 is 22.9 Å². The number of imidazole rings is 1. The Morgan fingerprint density at radius 3 is 2.34 bits per heavy atom. The molecule has 0 radical (unpaired) electrons. The number of hydrogen-bond donors (Lipinski definition) is 0. The van der Waals surface area contributed by atoms with Crippen molar-refractivity contribution in [2.75, 3.05) is 0 Å². The lowest BCUT2D eigenvalue weighted by Gasteiger charge is -2.12. The Hall–Kier alpha value is -3.06. The van der Waals surface area contributed by atoms with E-state index in [0.29, 0.717) is 0 Å². The molecule has 6 aromatic rings. The van der Waals surface area contributed by atoms with E-state index in [1.54, 1.807) is 6.33 Å². The van der Waals surface area contributed by atoms with E-state index < -0.39 is 0 Å². The van der Waals surface area contributed by atoms with Crippen LogP contribution < -0.4 is 0 Å². The van der Waals surface area contributed by atoms with Crippen LogP contribution in [-0.2, 0) is 0 Å². The fraction of sp³-hybridized carbons (Fsp3) is 0.0417. The second kappa shape index (κ2) is 6.22. The highest BCUT2D eigenvalue weighted by atomic mass is 127. The topological polar surface area (TPSA) is 43.6 Å². The van der Waals surface area contributed by atoms with Crippen molar-refractivity contribution >= 4 is 78.5 Å². The molecule has 2 heterocycles. The molecule has 0 N–H and O–H groups in total. The molecule has 0 saturated carbocycles. The number of rotatable bonds is 2. The Morgan fingerprint density at radius 2 is 1.55 bits per heavy atom. The van der Waals surface area contributed by atoms with E-state index in [1.165, 1.54) is 37.9 Å². The molecule has 0 spiro atoms. The molecule has 0 aliphatic heterocycles. The number of hydrogen-bond acceptors (Lipinski definition) is 3. The summed E-state index contributed by atoms with van der Waals surface area (Å²) in [6, 6.07) is 19.8. The quantitative estimate of drug-likeness (QED) is 0.210. The molecule has 0 bridgehead atoms. The predicted molar refractivity (Wildman–Crippen MR) is 129 cm³/mol. The van der Waals surface area contributed by atoms with Gasteiger partial charge in [0.2, 0.25) is 0 Å². The molecule has 0 aliphatic rings. The van der Waals surface area contributed by atoms with Crippen LogP contribution in [0.2, 0.25) is 0 Å². The maximum absolute atomic E-state index is 4.73. The van der Waals surface area contributed by atoms with E-state index in [0.717, 1.165) is 22.7 Å². The minimum Gasteiger partial charge on any atom is -0.248 e. The van der Waals surface area contributed by atoms with Crippen LogP contribution in [0.4, 0.5) is 0 Å². The van der Waals surface area contributed by atoms with Crippen molar-refractivity contribution in [3.05, 3.63) is 78.0 Å². The summed E-state index contributed by atoms with van der Waals surface area (Å²) in [6.45, 7) is 1.96. The van der Waals surface area contributed by atoms with Crippen molar-refractivity contribution in [3.63, 3.8) is 0 Å². The second-order valence-corrected chi connectivity index (χ2v) is 8.19. The van der Waals surface area contributed by atoms with Crippen molar-refractivity contribution < 1.29 is 0 Å². The van der Waals surface area contributed by atoms with Crippen LogP contribution in [-0.4, -0.2) is 17.7 Å². The monoisotopic (exact) mass is 486 g/mol. The number of aryl methyl sites for hydroxylation is 1. The highest BCUT2D eigenvalue weighted by Gasteiger charge is 2.12. The van der Waals surface area contributed by atoms with Crippen LogP contribution in [0.1, 0.15) is 17.1 Å². The van der Waals surface area contributed by atoms with Crippen molar-refractivity contribution in [2.45, 2.75) is 6.92 Å². The third-order valence-electron chi connectivity index (χ3n) is 5.57. The summed E-state index contributed by atoms with van der Waals surface area (Å²) in [5, 5.41) is 7.76. The zero-order chi connectivity index (χ0) is 19.5. The SMILES string of the molecule is Cc1ncnc2c1nc(/C=C/c1ccc3ccc4cccc5ccc1c3c45)n2I. The van der Waals surface area contributed by atoms with Crippen LogP contribution in [0, 0.1) is 6.92 Å². The summed E-state index contributed by atoms with van der Waals surface area (Å²) in [5.41, 5.74) is 3.76.